The van der Waals surface area contributed by atoms with Gasteiger partial charge in [-0.1, -0.05) is 24.3 Å². The normalized spacial score (nSPS) is 14.5. The van der Waals surface area contributed by atoms with Crippen LogP contribution in [-0.4, -0.2) is 18.0 Å². The fraction of sp³-hybridized carbons (Fsp3) is 0.273. The number of carbonyl (C=O) groups excluding carboxylic acids is 2. The minimum atomic E-state index is -0.351. The number of urea groups is 1. The Morgan fingerprint density at radius 3 is 2.64 bits per heavy atom. The van der Waals surface area contributed by atoms with E-state index in [-0.39, 0.29) is 24.0 Å². The Bertz CT molecular complexity index is 1000. The third-order valence-corrected chi connectivity index (χ3v) is 4.88. The van der Waals surface area contributed by atoms with Crippen LogP contribution in [0.3, 0.4) is 0 Å². The Kier molecular flexibility index (Phi) is 4.77. The molecule has 1 heterocycles. The summed E-state index contributed by atoms with van der Waals surface area (Å²) in [5.41, 5.74) is 2.82. The summed E-state index contributed by atoms with van der Waals surface area (Å²) < 4.78 is 5.80. The first-order valence-electron chi connectivity index (χ1n) is 9.47. The number of nitrogens with one attached hydrogen (secondary N) is 3. The molecule has 0 bridgehead atoms. The summed E-state index contributed by atoms with van der Waals surface area (Å²) >= 11 is 0. The molecule has 3 aromatic rings. The molecule has 28 heavy (non-hydrogen) atoms. The largest absolute Gasteiger partial charge is 0.459 e. The van der Waals surface area contributed by atoms with E-state index >= 15 is 0 Å². The second-order valence-electron chi connectivity index (χ2n) is 7.28. The van der Waals surface area contributed by atoms with E-state index in [9.17, 15) is 9.59 Å². The van der Waals surface area contributed by atoms with E-state index in [0.29, 0.717) is 17.0 Å². The molecule has 144 valence electrons. The van der Waals surface area contributed by atoms with Crippen LogP contribution in [0, 0.1) is 6.92 Å². The van der Waals surface area contributed by atoms with Crippen molar-refractivity contribution < 1.29 is 14.0 Å². The molecule has 2 aromatic carbocycles. The zero-order valence-electron chi connectivity index (χ0n) is 15.9. The van der Waals surface area contributed by atoms with E-state index in [1.54, 1.807) is 12.1 Å². The Balaban J connectivity index is 1.43. The van der Waals surface area contributed by atoms with Crippen molar-refractivity contribution in [1.82, 2.24) is 10.6 Å². The van der Waals surface area contributed by atoms with E-state index in [4.69, 9.17) is 4.42 Å². The number of hydrogen-bond donors (Lipinski definition) is 3. The topological polar surface area (TPSA) is 83.4 Å². The van der Waals surface area contributed by atoms with Gasteiger partial charge in [0, 0.05) is 22.7 Å². The summed E-state index contributed by atoms with van der Waals surface area (Å²) in [5.74, 6) is 0.576. The molecule has 3 N–H and O–H groups in total. The van der Waals surface area contributed by atoms with Gasteiger partial charge in [0.1, 0.15) is 11.3 Å². The van der Waals surface area contributed by atoms with Crippen LogP contribution in [0.25, 0.3) is 11.0 Å². The summed E-state index contributed by atoms with van der Waals surface area (Å²) in [5, 5.41) is 9.67. The number of fused-ring (bicyclic) bond motifs is 1. The van der Waals surface area contributed by atoms with Crippen molar-refractivity contribution in [2.45, 2.75) is 38.8 Å². The molecule has 1 atom stereocenters. The Morgan fingerprint density at radius 2 is 1.89 bits per heavy atom. The number of rotatable bonds is 5. The smallest absolute Gasteiger partial charge is 0.319 e. The molecule has 0 spiro atoms. The third kappa shape index (κ3) is 4.01. The van der Waals surface area contributed by atoms with Gasteiger partial charge in [-0.2, -0.15) is 0 Å². The molecule has 1 fully saturated rings. The standard InChI is InChI=1S/C22H23N3O3/c1-13-7-8-16(21(26)24-17-9-10-17)11-18(13)25-22(27)23-14(2)20-12-15-5-3-4-6-19(15)28-20/h3-8,11-12,14,17H,9-10H2,1-2H3,(H,24,26)(H2,23,25,27)/t14-/m1/s1. The average molecular weight is 377 g/mol. The number of para-hydroxylation sites is 1. The number of benzene rings is 2. The fourth-order valence-electron chi connectivity index (χ4n) is 3.04. The number of anilines is 1. The second-order valence-corrected chi connectivity index (χ2v) is 7.28. The zero-order valence-corrected chi connectivity index (χ0v) is 15.9. The number of carbonyl (C=O) groups is 2. The van der Waals surface area contributed by atoms with Gasteiger partial charge < -0.3 is 20.4 Å². The van der Waals surface area contributed by atoms with E-state index in [0.717, 1.165) is 29.4 Å². The van der Waals surface area contributed by atoms with Crippen LogP contribution in [0.1, 0.15) is 47.5 Å². The highest BCUT2D eigenvalue weighted by Gasteiger charge is 2.24. The quantitative estimate of drug-likeness (QED) is 0.611. The van der Waals surface area contributed by atoms with Crippen molar-refractivity contribution in [3.8, 4) is 0 Å². The maximum Gasteiger partial charge on any atom is 0.319 e. The summed E-state index contributed by atoms with van der Waals surface area (Å²) in [4.78, 5) is 24.7. The summed E-state index contributed by atoms with van der Waals surface area (Å²) in [6.45, 7) is 3.75. The monoisotopic (exact) mass is 377 g/mol. The zero-order chi connectivity index (χ0) is 19.7. The molecule has 1 aromatic heterocycles. The molecule has 4 rings (SSSR count). The van der Waals surface area contributed by atoms with Crippen LogP contribution in [-0.2, 0) is 0 Å². The van der Waals surface area contributed by atoms with Gasteiger partial charge in [0.05, 0.1) is 6.04 Å². The van der Waals surface area contributed by atoms with Crippen molar-refractivity contribution in [1.29, 1.82) is 0 Å². The fourth-order valence-corrected chi connectivity index (χ4v) is 3.04. The molecule has 6 heteroatoms. The van der Waals surface area contributed by atoms with Gasteiger partial charge in [0.15, 0.2) is 0 Å². The maximum absolute atomic E-state index is 12.5. The molecule has 0 unspecified atom stereocenters. The lowest BCUT2D eigenvalue weighted by atomic mass is 10.1. The van der Waals surface area contributed by atoms with Gasteiger partial charge in [-0.05, 0) is 56.5 Å². The molecule has 1 saturated carbocycles. The first kappa shape index (κ1) is 18.1. The van der Waals surface area contributed by atoms with E-state index in [2.05, 4.69) is 16.0 Å². The maximum atomic E-state index is 12.5. The van der Waals surface area contributed by atoms with Crippen molar-refractivity contribution >= 4 is 28.6 Å². The first-order chi connectivity index (χ1) is 13.5. The van der Waals surface area contributed by atoms with Crippen LogP contribution < -0.4 is 16.0 Å². The highest BCUT2D eigenvalue weighted by Crippen LogP contribution is 2.24. The van der Waals surface area contributed by atoms with E-state index in [1.165, 1.54) is 0 Å². The molecule has 3 amide bonds. The van der Waals surface area contributed by atoms with Gasteiger partial charge in [-0.25, -0.2) is 4.79 Å². The summed E-state index contributed by atoms with van der Waals surface area (Å²) in [6.07, 6.45) is 2.07. The van der Waals surface area contributed by atoms with Crippen LogP contribution in [0.5, 0.6) is 0 Å². The second kappa shape index (κ2) is 7.38. The Morgan fingerprint density at radius 1 is 1.11 bits per heavy atom. The lowest BCUT2D eigenvalue weighted by Gasteiger charge is -2.14. The van der Waals surface area contributed by atoms with Gasteiger partial charge in [0.25, 0.3) is 5.91 Å². The van der Waals surface area contributed by atoms with Crippen LogP contribution >= 0.6 is 0 Å². The SMILES string of the molecule is Cc1ccc(C(=O)NC2CC2)cc1NC(=O)N[C@H](C)c1cc2ccccc2o1. The number of furan rings is 1. The van der Waals surface area contributed by atoms with Gasteiger partial charge in [-0.15, -0.1) is 0 Å². The molecular weight excluding hydrogens is 354 g/mol. The minimum absolute atomic E-state index is 0.110. The number of aryl methyl sites for hydroxylation is 1. The van der Waals surface area contributed by atoms with Crippen LogP contribution in [0.2, 0.25) is 0 Å². The van der Waals surface area contributed by atoms with Gasteiger partial charge in [-0.3, -0.25) is 4.79 Å². The van der Waals surface area contributed by atoms with Crippen LogP contribution in [0.15, 0.2) is 52.9 Å². The predicted octanol–water partition coefficient (Wildman–Crippen LogP) is 4.52. The van der Waals surface area contributed by atoms with Crippen molar-refractivity contribution in [3.05, 3.63) is 65.4 Å². The molecule has 1 aliphatic carbocycles. The van der Waals surface area contributed by atoms with E-state index in [1.807, 2.05) is 50.2 Å². The first-order valence-corrected chi connectivity index (χ1v) is 9.47. The lowest BCUT2D eigenvalue weighted by Crippen LogP contribution is -2.31. The Hall–Kier alpha value is -3.28. The Labute approximate surface area is 163 Å². The molecule has 0 saturated heterocycles. The highest BCUT2D eigenvalue weighted by atomic mass is 16.3. The highest BCUT2D eigenvalue weighted by molar-refractivity contribution is 5.97. The number of amides is 3. The molecule has 1 aliphatic rings. The minimum Gasteiger partial charge on any atom is -0.459 e. The molecule has 0 aliphatic heterocycles. The predicted molar refractivity (Wildman–Crippen MR) is 108 cm³/mol. The van der Waals surface area contributed by atoms with Crippen molar-refractivity contribution in [2.75, 3.05) is 5.32 Å². The third-order valence-electron chi connectivity index (χ3n) is 4.88. The van der Waals surface area contributed by atoms with Crippen LogP contribution in [0.4, 0.5) is 10.5 Å². The summed E-state index contributed by atoms with van der Waals surface area (Å²) in [7, 11) is 0. The average Bonchev–Trinajstić information content (AvgIpc) is 3.37. The van der Waals surface area contributed by atoms with Crippen molar-refractivity contribution in [3.63, 3.8) is 0 Å². The molecule has 0 radical (unpaired) electrons. The molecule has 6 nitrogen and oxygen atoms in total. The lowest BCUT2D eigenvalue weighted by molar-refractivity contribution is 0.0951. The van der Waals surface area contributed by atoms with Gasteiger partial charge >= 0.3 is 6.03 Å². The van der Waals surface area contributed by atoms with Gasteiger partial charge in [0.2, 0.25) is 0 Å². The molecular formula is C22H23N3O3. The van der Waals surface area contributed by atoms with Crippen molar-refractivity contribution in [2.24, 2.45) is 0 Å². The van der Waals surface area contributed by atoms with E-state index < -0.39 is 0 Å². The summed E-state index contributed by atoms with van der Waals surface area (Å²) in [6, 6.07) is 14.6. The number of hydrogen-bond acceptors (Lipinski definition) is 3.